The van der Waals surface area contributed by atoms with Crippen molar-refractivity contribution in [1.29, 1.82) is 0 Å². The number of carbonyl (C=O) groups excluding carboxylic acids is 1. The minimum absolute atomic E-state index is 0.0313. The van der Waals surface area contributed by atoms with Gasteiger partial charge in [-0.1, -0.05) is 18.2 Å². The number of hydrogen-bond acceptors (Lipinski definition) is 4. The lowest BCUT2D eigenvalue weighted by molar-refractivity contribution is -0.160. The van der Waals surface area contributed by atoms with Crippen LogP contribution in [0.2, 0.25) is 0 Å². The Bertz CT molecular complexity index is 524. The molecule has 1 aromatic rings. The van der Waals surface area contributed by atoms with E-state index in [9.17, 15) is 18.0 Å². The first-order valence-electron chi connectivity index (χ1n) is 7.43. The summed E-state index contributed by atoms with van der Waals surface area (Å²) in [6, 6.07) is 5.01. The molecule has 0 bridgehead atoms. The molecule has 2 rings (SSSR count). The maximum absolute atomic E-state index is 12.8. The van der Waals surface area contributed by atoms with E-state index in [-0.39, 0.29) is 18.3 Å². The first-order chi connectivity index (χ1) is 10.9. The SMILES string of the molecule is CC(OCC1CCCO1)C(=O)OCc1ccccc1C(F)(F)F. The maximum atomic E-state index is 12.8. The summed E-state index contributed by atoms with van der Waals surface area (Å²) >= 11 is 0. The normalized spacial score (nSPS) is 19.6. The highest BCUT2D eigenvalue weighted by atomic mass is 19.4. The fraction of sp³-hybridized carbons (Fsp3) is 0.562. The average molecular weight is 332 g/mol. The number of carbonyl (C=O) groups is 1. The lowest BCUT2D eigenvalue weighted by Crippen LogP contribution is -2.27. The molecule has 0 aliphatic carbocycles. The van der Waals surface area contributed by atoms with Crippen LogP contribution >= 0.6 is 0 Å². The third-order valence-electron chi connectivity index (χ3n) is 3.58. The van der Waals surface area contributed by atoms with E-state index in [0.29, 0.717) is 6.61 Å². The molecule has 0 spiro atoms. The van der Waals surface area contributed by atoms with Gasteiger partial charge in [0.25, 0.3) is 0 Å². The monoisotopic (exact) mass is 332 g/mol. The van der Waals surface area contributed by atoms with Crippen LogP contribution in [0.1, 0.15) is 30.9 Å². The number of halogens is 3. The van der Waals surface area contributed by atoms with Gasteiger partial charge >= 0.3 is 12.1 Å². The molecule has 0 amide bonds. The smallest absolute Gasteiger partial charge is 0.416 e. The van der Waals surface area contributed by atoms with Crippen LogP contribution in [0.3, 0.4) is 0 Å². The zero-order chi connectivity index (χ0) is 16.9. The zero-order valence-electron chi connectivity index (χ0n) is 12.8. The van der Waals surface area contributed by atoms with Crippen molar-refractivity contribution < 1.29 is 32.2 Å². The van der Waals surface area contributed by atoms with Crippen molar-refractivity contribution in [2.24, 2.45) is 0 Å². The molecule has 1 aliphatic heterocycles. The molecule has 23 heavy (non-hydrogen) atoms. The van der Waals surface area contributed by atoms with E-state index in [1.54, 1.807) is 0 Å². The van der Waals surface area contributed by atoms with Crippen LogP contribution in [0.5, 0.6) is 0 Å². The second-order valence-corrected chi connectivity index (χ2v) is 5.37. The van der Waals surface area contributed by atoms with Crippen LogP contribution in [0.25, 0.3) is 0 Å². The summed E-state index contributed by atoms with van der Waals surface area (Å²) in [6.07, 6.45) is -3.53. The molecule has 7 heteroatoms. The summed E-state index contributed by atoms with van der Waals surface area (Å²) in [7, 11) is 0. The van der Waals surface area contributed by atoms with Crippen LogP contribution in [0.4, 0.5) is 13.2 Å². The van der Waals surface area contributed by atoms with Gasteiger partial charge in [-0.2, -0.15) is 13.2 Å². The van der Waals surface area contributed by atoms with Crippen molar-refractivity contribution in [3.05, 3.63) is 35.4 Å². The highest BCUT2D eigenvalue weighted by molar-refractivity contribution is 5.74. The molecular formula is C16H19F3O4. The molecule has 4 nitrogen and oxygen atoms in total. The molecule has 0 radical (unpaired) electrons. The average Bonchev–Trinajstić information content (AvgIpc) is 3.03. The van der Waals surface area contributed by atoms with Crippen LogP contribution in [0, 0.1) is 0 Å². The highest BCUT2D eigenvalue weighted by Crippen LogP contribution is 2.32. The molecular weight excluding hydrogens is 313 g/mol. The molecule has 1 heterocycles. The second kappa shape index (κ2) is 7.79. The van der Waals surface area contributed by atoms with E-state index in [1.165, 1.54) is 25.1 Å². The molecule has 128 valence electrons. The van der Waals surface area contributed by atoms with Gasteiger partial charge in [0, 0.05) is 12.2 Å². The Morgan fingerprint density at radius 3 is 2.78 bits per heavy atom. The molecule has 2 atom stereocenters. The molecule has 0 saturated carbocycles. The van der Waals surface area contributed by atoms with Gasteiger partial charge in [0.1, 0.15) is 6.61 Å². The van der Waals surface area contributed by atoms with Gasteiger partial charge in [-0.25, -0.2) is 4.79 Å². The largest absolute Gasteiger partial charge is 0.459 e. The molecule has 0 aromatic heterocycles. The number of esters is 1. The Morgan fingerprint density at radius 1 is 1.39 bits per heavy atom. The van der Waals surface area contributed by atoms with Gasteiger partial charge in [0.2, 0.25) is 0 Å². The fourth-order valence-corrected chi connectivity index (χ4v) is 2.28. The number of rotatable bonds is 6. The maximum Gasteiger partial charge on any atom is 0.416 e. The minimum atomic E-state index is -4.48. The van der Waals surface area contributed by atoms with Gasteiger partial charge in [0.15, 0.2) is 6.10 Å². The van der Waals surface area contributed by atoms with Crippen molar-refractivity contribution >= 4 is 5.97 Å². The molecule has 2 unspecified atom stereocenters. The predicted octanol–water partition coefficient (Wildman–Crippen LogP) is 3.33. The molecule has 1 aliphatic rings. The van der Waals surface area contributed by atoms with Gasteiger partial charge in [0.05, 0.1) is 18.3 Å². The first-order valence-corrected chi connectivity index (χ1v) is 7.43. The van der Waals surface area contributed by atoms with Gasteiger partial charge in [-0.3, -0.25) is 0 Å². The first kappa shape index (κ1) is 17.7. The molecule has 0 N–H and O–H groups in total. The number of ether oxygens (including phenoxy) is 3. The van der Waals surface area contributed by atoms with Gasteiger partial charge in [-0.15, -0.1) is 0 Å². The third kappa shape index (κ3) is 5.21. The summed E-state index contributed by atoms with van der Waals surface area (Å²) < 4.78 is 54.2. The van der Waals surface area contributed by atoms with E-state index in [1.807, 2.05) is 0 Å². The van der Waals surface area contributed by atoms with E-state index >= 15 is 0 Å². The summed E-state index contributed by atoms with van der Waals surface area (Å²) in [5.41, 5.74) is -0.889. The number of alkyl halides is 3. The Balaban J connectivity index is 1.84. The second-order valence-electron chi connectivity index (χ2n) is 5.37. The Kier molecular flexibility index (Phi) is 6.01. The van der Waals surface area contributed by atoms with E-state index in [0.717, 1.165) is 18.9 Å². The van der Waals surface area contributed by atoms with E-state index in [2.05, 4.69) is 0 Å². The summed E-state index contributed by atoms with van der Waals surface area (Å²) in [6.45, 7) is 2.02. The Morgan fingerprint density at radius 2 is 2.13 bits per heavy atom. The van der Waals surface area contributed by atoms with Crippen molar-refractivity contribution in [3.63, 3.8) is 0 Å². The highest BCUT2D eigenvalue weighted by Gasteiger charge is 2.33. The summed E-state index contributed by atoms with van der Waals surface area (Å²) in [4.78, 5) is 11.8. The van der Waals surface area contributed by atoms with Crippen molar-refractivity contribution in [1.82, 2.24) is 0 Å². The third-order valence-corrected chi connectivity index (χ3v) is 3.58. The zero-order valence-corrected chi connectivity index (χ0v) is 12.8. The van der Waals surface area contributed by atoms with Crippen LogP contribution in [-0.2, 0) is 31.8 Å². The topological polar surface area (TPSA) is 44.8 Å². The van der Waals surface area contributed by atoms with Crippen LogP contribution in [-0.4, -0.2) is 31.4 Å². The summed E-state index contributed by atoms with van der Waals surface area (Å²) in [5.74, 6) is -0.694. The van der Waals surface area contributed by atoms with Crippen molar-refractivity contribution in [2.75, 3.05) is 13.2 Å². The van der Waals surface area contributed by atoms with Crippen molar-refractivity contribution in [2.45, 2.75) is 44.8 Å². The Hall–Kier alpha value is -1.60. The molecule has 1 aromatic carbocycles. The molecule has 1 saturated heterocycles. The quantitative estimate of drug-likeness (QED) is 0.750. The number of hydrogen-bond donors (Lipinski definition) is 0. The van der Waals surface area contributed by atoms with Crippen LogP contribution < -0.4 is 0 Å². The fourth-order valence-electron chi connectivity index (χ4n) is 2.28. The lowest BCUT2D eigenvalue weighted by atomic mass is 10.1. The number of benzene rings is 1. The van der Waals surface area contributed by atoms with Gasteiger partial charge < -0.3 is 14.2 Å². The van der Waals surface area contributed by atoms with Crippen LogP contribution in [0.15, 0.2) is 24.3 Å². The lowest BCUT2D eigenvalue weighted by Gasteiger charge is -2.17. The van der Waals surface area contributed by atoms with E-state index < -0.39 is 30.4 Å². The molecule has 1 fully saturated rings. The van der Waals surface area contributed by atoms with Gasteiger partial charge in [-0.05, 0) is 25.8 Å². The van der Waals surface area contributed by atoms with E-state index in [4.69, 9.17) is 14.2 Å². The minimum Gasteiger partial charge on any atom is -0.459 e. The summed E-state index contributed by atoms with van der Waals surface area (Å²) in [5, 5.41) is 0. The standard InChI is InChI=1S/C16H19F3O4/c1-11(22-10-13-6-4-8-21-13)15(20)23-9-12-5-2-3-7-14(12)16(17,18)19/h2-3,5,7,11,13H,4,6,8-10H2,1H3. The van der Waals surface area contributed by atoms with Crippen molar-refractivity contribution in [3.8, 4) is 0 Å². The predicted molar refractivity (Wildman–Crippen MR) is 75.6 cm³/mol. The Labute approximate surface area is 132 Å².